The first-order valence-corrected chi connectivity index (χ1v) is 12.0. The van der Waals surface area contributed by atoms with Gasteiger partial charge in [-0.05, 0) is 41.5 Å². The third-order valence-corrected chi connectivity index (χ3v) is 6.70. The number of hydrogen-bond donors (Lipinski definition) is 1. The molecule has 2 aliphatic heterocycles. The van der Waals surface area contributed by atoms with Gasteiger partial charge in [-0.25, -0.2) is 0 Å². The lowest BCUT2D eigenvalue weighted by atomic mass is 10.1. The van der Waals surface area contributed by atoms with Crippen LogP contribution in [0.25, 0.3) is 11.8 Å². The number of fused-ring (bicyclic) bond motifs is 1. The van der Waals surface area contributed by atoms with Crippen molar-refractivity contribution in [3.63, 3.8) is 0 Å². The van der Waals surface area contributed by atoms with Gasteiger partial charge in [-0.2, -0.15) is 4.99 Å². The Morgan fingerprint density at radius 3 is 2.53 bits per heavy atom. The summed E-state index contributed by atoms with van der Waals surface area (Å²) < 4.78 is 5.82. The number of nitrogens with zero attached hydrogens (tertiary/aromatic N) is 2. The molecule has 2 heterocycles. The van der Waals surface area contributed by atoms with Crippen molar-refractivity contribution in [2.45, 2.75) is 6.61 Å². The Bertz CT molecular complexity index is 1380. The molecule has 0 fully saturated rings. The average Bonchev–Trinajstić information content (AvgIpc) is 3.26. The van der Waals surface area contributed by atoms with E-state index >= 15 is 0 Å². The number of amidine groups is 2. The summed E-state index contributed by atoms with van der Waals surface area (Å²) in [6, 6.07) is 22.3. The number of benzene rings is 3. The van der Waals surface area contributed by atoms with Crippen LogP contribution in [0.5, 0.6) is 5.75 Å². The SMILES string of the molecule is N=C1C(=Cc2ccc(OCc3ccc(Cl)cc3Cl)cc2)C(=O)N=C2SC=C(c3ccccc3)N12. The predicted molar refractivity (Wildman–Crippen MR) is 139 cm³/mol. The molecule has 0 atom stereocenters. The van der Waals surface area contributed by atoms with E-state index in [0.29, 0.717) is 27.6 Å². The van der Waals surface area contributed by atoms with Crippen molar-refractivity contribution in [2.75, 3.05) is 0 Å². The lowest BCUT2D eigenvalue weighted by molar-refractivity contribution is -0.114. The minimum absolute atomic E-state index is 0.104. The molecule has 0 spiro atoms. The Hall–Kier alpha value is -3.32. The van der Waals surface area contributed by atoms with Crippen LogP contribution in [0.2, 0.25) is 10.0 Å². The molecule has 3 aromatic carbocycles. The highest BCUT2D eigenvalue weighted by atomic mass is 35.5. The first kappa shape index (κ1) is 22.5. The largest absolute Gasteiger partial charge is 0.489 e. The van der Waals surface area contributed by atoms with Crippen LogP contribution in [0.4, 0.5) is 0 Å². The highest BCUT2D eigenvalue weighted by Gasteiger charge is 2.36. The molecule has 0 saturated heterocycles. The van der Waals surface area contributed by atoms with Gasteiger partial charge in [-0.1, -0.05) is 83.5 Å². The predicted octanol–water partition coefficient (Wildman–Crippen LogP) is 6.88. The molecule has 5 rings (SSSR count). The van der Waals surface area contributed by atoms with Gasteiger partial charge in [0.1, 0.15) is 18.2 Å². The fourth-order valence-corrected chi connectivity index (χ4v) is 4.89. The number of rotatable bonds is 5. The monoisotopic (exact) mass is 505 g/mol. The smallest absolute Gasteiger partial charge is 0.283 e. The Morgan fingerprint density at radius 2 is 1.79 bits per heavy atom. The first-order chi connectivity index (χ1) is 16.5. The van der Waals surface area contributed by atoms with Gasteiger partial charge in [0.15, 0.2) is 5.17 Å². The number of carbonyl (C=O) groups is 1. The van der Waals surface area contributed by atoms with E-state index in [1.54, 1.807) is 23.1 Å². The molecule has 34 heavy (non-hydrogen) atoms. The maximum absolute atomic E-state index is 12.7. The van der Waals surface area contributed by atoms with Crippen molar-refractivity contribution in [1.82, 2.24) is 4.90 Å². The summed E-state index contributed by atoms with van der Waals surface area (Å²) in [5, 5.41) is 12.3. The topological polar surface area (TPSA) is 65.8 Å². The number of carbonyl (C=O) groups excluding carboxylic acids is 1. The normalized spacial score (nSPS) is 16.4. The van der Waals surface area contributed by atoms with Gasteiger partial charge in [0.25, 0.3) is 5.91 Å². The zero-order valence-corrected chi connectivity index (χ0v) is 20.0. The highest BCUT2D eigenvalue weighted by molar-refractivity contribution is 8.17. The summed E-state index contributed by atoms with van der Waals surface area (Å²) in [6.45, 7) is 0.304. The minimum atomic E-state index is -0.427. The second-order valence-corrected chi connectivity index (χ2v) is 9.20. The third kappa shape index (κ3) is 4.53. The van der Waals surface area contributed by atoms with Gasteiger partial charge >= 0.3 is 0 Å². The molecule has 8 heteroatoms. The van der Waals surface area contributed by atoms with Crippen LogP contribution in [0.15, 0.2) is 88.8 Å². The lowest BCUT2D eigenvalue weighted by Crippen LogP contribution is -2.37. The molecule has 0 saturated carbocycles. The minimum Gasteiger partial charge on any atom is -0.489 e. The lowest BCUT2D eigenvalue weighted by Gasteiger charge is -2.26. The average molecular weight is 506 g/mol. The number of aliphatic imine (C=N–C) groups is 1. The number of thioether (sulfide) groups is 1. The maximum atomic E-state index is 12.7. The van der Waals surface area contributed by atoms with E-state index in [4.69, 9.17) is 33.3 Å². The third-order valence-electron chi connectivity index (χ3n) is 5.28. The van der Waals surface area contributed by atoms with Crippen LogP contribution in [0.3, 0.4) is 0 Å². The molecule has 168 valence electrons. The molecule has 0 unspecified atom stereocenters. The molecule has 0 aromatic heterocycles. The maximum Gasteiger partial charge on any atom is 0.283 e. The number of nitrogens with one attached hydrogen (secondary N) is 1. The Kier molecular flexibility index (Phi) is 6.28. The van der Waals surface area contributed by atoms with E-state index in [-0.39, 0.29) is 11.4 Å². The summed E-state index contributed by atoms with van der Waals surface area (Å²) in [5.74, 6) is 0.334. The fraction of sp³-hybridized carbons (Fsp3) is 0.0385. The molecular formula is C26H17Cl2N3O2S. The van der Waals surface area contributed by atoms with Gasteiger partial charge in [0, 0.05) is 21.0 Å². The van der Waals surface area contributed by atoms with Crippen LogP contribution < -0.4 is 4.74 Å². The van der Waals surface area contributed by atoms with Crippen molar-refractivity contribution in [3.05, 3.63) is 111 Å². The van der Waals surface area contributed by atoms with Crippen LogP contribution >= 0.6 is 35.0 Å². The van der Waals surface area contributed by atoms with E-state index in [9.17, 15) is 4.79 Å². The molecule has 0 bridgehead atoms. The molecule has 1 N–H and O–H groups in total. The Labute approximate surface area is 210 Å². The fourth-order valence-electron chi connectivity index (χ4n) is 3.54. The zero-order valence-electron chi connectivity index (χ0n) is 17.7. The highest BCUT2D eigenvalue weighted by Crippen LogP contribution is 2.37. The number of hydrogen-bond acceptors (Lipinski definition) is 4. The second kappa shape index (κ2) is 9.50. The molecule has 0 radical (unpaired) electrons. The van der Waals surface area contributed by atoms with Crippen molar-refractivity contribution in [2.24, 2.45) is 4.99 Å². The van der Waals surface area contributed by atoms with Crippen molar-refractivity contribution >= 4 is 63.6 Å². The van der Waals surface area contributed by atoms with Crippen molar-refractivity contribution < 1.29 is 9.53 Å². The number of amides is 1. The van der Waals surface area contributed by atoms with Crippen LogP contribution in [-0.2, 0) is 11.4 Å². The summed E-state index contributed by atoms with van der Waals surface area (Å²) in [5.41, 5.74) is 3.62. The summed E-state index contributed by atoms with van der Waals surface area (Å²) in [7, 11) is 0. The van der Waals surface area contributed by atoms with E-state index in [0.717, 1.165) is 22.4 Å². The number of halogens is 2. The summed E-state index contributed by atoms with van der Waals surface area (Å²) >= 11 is 13.5. The van der Waals surface area contributed by atoms with Crippen LogP contribution in [0.1, 0.15) is 16.7 Å². The quantitative estimate of drug-likeness (QED) is 0.384. The molecule has 0 aliphatic carbocycles. The van der Waals surface area contributed by atoms with Gasteiger partial charge in [-0.3, -0.25) is 15.1 Å². The Morgan fingerprint density at radius 1 is 1.03 bits per heavy atom. The molecular weight excluding hydrogens is 489 g/mol. The van der Waals surface area contributed by atoms with E-state index < -0.39 is 5.91 Å². The second-order valence-electron chi connectivity index (χ2n) is 7.52. The van der Waals surface area contributed by atoms with Crippen LogP contribution in [0, 0.1) is 5.41 Å². The van der Waals surface area contributed by atoms with Gasteiger partial charge in [-0.15, -0.1) is 0 Å². The van der Waals surface area contributed by atoms with E-state index in [1.165, 1.54) is 11.8 Å². The molecule has 1 amide bonds. The molecule has 2 aliphatic rings. The van der Waals surface area contributed by atoms with Gasteiger partial charge in [0.05, 0.1) is 11.3 Å². The molecule has 5 nitrogen and oxygen atoms in total. The van der Waals surface area contributed by atoms with E-state index in [1.807, 2.05) is 66.1 Å². The zero-order chi connectivity index (χ0) is 23.7. The van der Waals surface area contributed by atoms with Crippen molar-refractivity contribution in [3.8, 4) is 5.75 Å². The van der Waals surface area contributed by atoms with Crippen LogP contribution in [-0.4, -0.2) is 21.8 Å². The Balaban J connectivity index is 1.33. The van der Waals surface area contributed by atoms with Gasteiger partial charge in [0.2, 0.25) is 0 Å². The molecule has 3 aromatic rings. The standard InChI is InChI=1S/C26H17Cl2N3O2S/c27-19-9-8-18(22(28)13-19)14-33-20-10-6-16(7-11-20)12-21-24(29)31-23(17-4-2-1-3-5-17)15-34-26(31)30-25(21)32/h1-13,15,29H,14H2. The summed E-state index contributed by atoms with van der Waals surface area (Å²) in [6.07, 6.45) is 1.68. The summed E-state index contributed by atoms with van der Waals surface area (Å²) in [4.78, 5) is 18.6. The number of ether oxygens (including phenoxy) is 1. The van der Waals surface area contributed by atoms with Crippen molar-refractivity contribution in [1.29, 1.82) is 5.41 Å². The van der Waals surface area contributed by atoms with E-state index in [2.05, 4.69) is 4.99 Å². The van der Waals surface area contributed by atoms with Gasteiger partial charge < -0.3 is 4.74 Å². The first-order valence-electron chi connectivity index (χ1n) is 10.3.